The van der Waals surface area contributed by atoms with Crippen LogP contribution in [0.25, 0.3) is 16.6 Å². The van der Waals surface area contributed by atoms with E-state index in [4.69, 9.17) is 0 Å². The minimum absolute atomic E-state index is 0.225. The lowest BCUT2D eigenvalue weighted by Crippen LogP contribution is -2.26. The fraction of sp³-hybridized carbons (Fsp3) is 0.190. The minimum Gasteiger partial charge on any atom is -0.265 e. The molecule has 4 aromatic rings. The smallest absolute Gasteiger partial charge is 0.265 e. The van der Waals surface area contributed by atoms with E-state index in [0.717, 1.165) is 33.5 Å². The Morgan fingerprint density at radius 2 is 1.78 bits per heavy atom. The molecule has 0 unspecified atom stereocenters. The zero-order chi connectivity index (χ0) is 19.1. The van der Waals surface area contributed by atoms with Crippen molar-refractivity contribution in [1.29, 1.82) is 0 Å². The summed E-state index contributed by atoms with van der Waals surface area (Å²) in [5, 5.41) is 9.60. The van der Waals surface area contributed by atoms with Gasteiger partial charge in [0, 0.05) is 5.39 Å². The maximum Gasteiger partial charge on any atom is 0.293 e. The van der Waals surface area contributed by atoms with Gasteiger partial charge in [-0.25, -0.2) is 13.8 Å². The monoisotopic (exact) mass is 362 g/mol. The number of hydrogen-bond acceptors (Lipinski definition) is 3. The first-order valence-corrected chi connectivity index (χ1v) is 8.71. The molecule has 27 heavy (non-hydrogen) atoms. The lowest BCUT2D eigenvalue weighted by Gasteiger charge is -2.10. The second-order valence-electron chi connectivity index (χ2n) is 6.78. The molecule has 6 heteroatoms. The Bertz CT molecular complexity index is 1210. The van der Waals surface area contributed by atoms with Crippen LogP contribution in [-0.4, -0.2) is 19.6 Å². The summed E-state index contributed by atoms with van der Waals surface area (Å²) in [6, 6.07) is 12.1. The van der Waals surface area contributed by atoms with Crippen molar-refractivity contribution in [3.05, 3.63) is 87.2 Å². The van der Waals surface area contributed by atoms with Gasteiger partial charge in [-0.05, 0) is 50.1 Å². The molecule has 5 nitrogen and oxygen atoms in total. The summed E-state index contributed by atoms with van der Waals surface area (Å²) < 4.78 is 16.2. The zero-order valence-corrected chi connectivity index (χ0v) is 15.4. The van der Waals surface area contributed by atoms with Crippen molar-refractivity contribution < 1.29 is 4.39 Å². The van der Waals surface area contributed by atoms with Crippen LogP contribution in [0.1, 0.15) is 22.4 Å². The highest BCUT2D eigenvalue weighted by molar-refractivity contribution is 5.81. The van der Waals surface area contributed by atoms with Crippen LogP contribution < -0.4 is 5.56 Å². The van der Waals surface area contributed by atoms with Gasteiger partial charge in [0.2, 0.25) is 0 Å². The molecule has 2 aromatic carbocycles. The average Bonchev–Trinajstić information content (AvgIpc) is 3.07. The van der Waals surface area contributed by atoms with Crippen molar-refractivity contribution in [2.24, 2.45) is 0 Å². The third-order valence-corrected chi connectivity index (χ3v) is 4.69. The number of nitrogens with zero attached hydrogens (tertiary/aromatic N) is 4. The molecule has 0 fully saturated rings. The first kappa shape index (κ1) is 17.1. The second kappa shape index (κ2) is 6.46. The SMILES string of the molecule is Cc1ccc(-n2ncc3c(C)nn(Cc4ccc(F)cc4)c(=O)c32)c(C)c1. The van der Waals surface area contributed by atoms with Crippen molar-refractivity contribution in [3.8, 4) is 5.69 Å². The summed E-state index contributed by atoms with van der Waals surface area (Å²) in [4.78, 5) is 13.2. The third-order valence-electron chi connectivity index (χ3n) is 4.69. The van der Waals surface area contributed by atoms with E-state index >= 15 is 0 Å². The maximum absolute atomic E-state index is 13.2. The Hall–Kier alpha value is -3.28. The summed E-state index contributed by atoms with van der Waals surface area (Å²) in [6.45, 7) is 6.16. The summed E-state index contributed by atoms with van der Waals surface area (Å²) >= 11 is 0. The molecule has 0 aliphatic rings. The number of aryl methyl sites for hydroxylation is 3. The number of hydrogen-bond donors (Lipinski definition) is 0. The van der Waals surface area contributed by atoms with Crippen molar-refractivity contribution in [3.63, 3.8) is 0 Å². The molecule has 4 rings (SSSR count). The number of rotatable bonds is 3. The molecule has 0 aliphatic carbocycles. The highest BCUT2D eigenvalue weighted by Crippen LogP contribution is 2.21. The van der Waals surface area contributed by atoms with Crippen LogP contribution in [0, 0.1) is 26.6 Å². The molecule has 0 amide bonds. The Balaban J connectivity index is 1.89. The summed E-state index contributed by atoms with van der Waals surface area (Å²) in [5.41, 5.74) is 4.86. The lowest BCUT2D eigenvalue weighted by atomic mass is 10.1. The van der Waals surface area contributed by atoms with Crippen LogP contribution in [0.3, 0.4) is 0 Å². The Labute approximate surface area is 155 Å². The fourth-order valence-electron chi connectivity index (χ4n) is 3.32. The average molecular weight is 362 g/mol. The molecule has 2 aromatic heterocycles. The molecule has 0 N–H and O–H groups in total. The highest BCUT2D eigenvalue weighted by Gasteiger charge is 2.16. The molecule has 0 spiro atoms. The molecule has 0 saturated heterocycles. The molecule has 136 valence electrons. The van der Waals surface area contributed by atoms with Gasteiger partial charge in [0.1, 0.15) is 11.3 Å². The number of fused-ring (bicyclic) bond motifs is 1. The molecule has 0 aliphatic heterocycles. The zero-order valence-electron chi connectivity index (χ0n) is 15.4. The van der Waals surface area contributed by atoms with Gasteiger partial charge in [0.15, 0.2) is 0 Å². The molecular weight excluding hydrogens is 343 g/mol. The van der Waals surface area contributed by atoms with E-state index in [9.17, 15) is 9.18 Å². The summed E-state index contributed by atoms with van der Waals surface area (Å²) in [5.74, 6) is -0.307. The predicted octanol–water partition coefficient (Wildman–Crippen LogP) is 3.69. The number of aromatic nitrogens is 4. The van der Waals surface area contributed by atoms with Crippen molar-refractivity contribution in [2.45, 2.75) is 27.3 Å². The predicted molar refractivity (Wildman–Crippen MR) is 103 cm³/mol. The number of halogens is 1. The van der Waals surface area contributed by atoms with Gasteiger partial charge in [-0.2, -0.15) is 10.2 Å². The van der Waals surface area contributed by atoms with Gasteiger partial charge < -0.3 is 0 Å². The van der Waals surface area contributed by atoms with E-state index in [-0.39, 0.29) is 17.9 Å². The Morgan fingerprint density at radius 3 is 2.48 bits per heavy atom. The molecule has 0 atom stereocenters. The molecular formula is C21H19FN4O. The lowest BCUT2D eigenvalue weighted by molar-refractivity contribution is 0.617. The van der Waals surface area contributed by atoms with Crippen LogP contribution >= 0.6 is 0 Å². The second-order valence-corrected chi connectivity index (χ2v) is 6.78. The van der Waals surface area contributed by atoms with E-state index in [0.29, 0.717) is 5.52 Å². The van der Waals surface area contributed by atoms with Crippen LogP contribution in [0.4, 0.5) is 4.39 Å². The Kier molecular flexibility index (Phi) is 4.11. The largest absolute Gasteiger partial charge is 0.293 e. The van der Waals surface area contributed by atoms with E-state index < -0.39 is 0 Å². The first-order valence-electron chi connectivity index (χ1n) is 8.71. The van der Waals surface area contributed by atoms with Crippen molar-refractivity contribution in [1.82, 2.24) is 19.6 Å². The third kappa shape index (κ3) is 3.03. The van der Waals surface area contributed by atoms with Gasteiger partial charge >= 0.3 is 0 Å². The summed E-state index contributed by atoms with van der Waals surface area (Å²) in [6.07, 6.45) is 1.68. The normalized spacial score (nSPS) is 11.3. The number of benzene rings is 2. The summed E-state index contributed by atoms with van der Waals surface area (Å²) in [7, 11) is 0. The van der Waals surface area contributed by atoms with Crippen LogP contribution in [0.5, 0.6) is 0 Å². The molecule has 0 bridgehead atoms. The van der Waals surface area contributed by atoms with Gasteiger partial charge in [-0.15, -0.1) is 0 Å². The van der Waals surface area contributed by atoms with Crippen LogP contribution in [0.15, 0.2) is 53.5 Å². The maximum atomic E-state index is 13.2. The van der Waals surface area contributed by atoms with Crippen molar-refractivity contribution in [2.75, 3.05) is 0 Å². The van der Waals surface area contributed by atoms with E-state index in [1.165, 1.54) is 16.8 Å². The highest BCUT2D eigenvalue weighted by atomic mass is 19.1. The van der Waals surface area contributed by atoms with Gasteiger partial charge in [-0.3, -0.25) is 4.79 Å². The molecule has 0 saturated carbocycles. The first-order chi connectivity index (χ1) is 12.9. The van der Waals surface area contributed by atoms with Crippen molar-refractivity contribution >= 4 is 10.9 Å². The quantitative estimate of drug-likeness (QED) is 0.558. The van der Waals surface area contributed by atoms with E-state index in [2.05, 4.69) is 16.3 Å². The Morgan fingerprint density at radius 1 is 1.04 bits per heavy atom. The topological polar surface area (TPSA) is 52.7 Å². The van der Waals surface area contributed by atoms with Gasteiger partial charge in [0.05, 0.1) is 24.1 Å². The fourth-order valence-corrected chi connectivity index (χ4v) is 3.32. The standard InChI is InChI=1S/C21H19FN4O/c1-13-4-9-19(14(2)10-13)26-20-18(11-23-26)15(3)24-25(21(20)27)12-16-5-7-17(22)8-6-16/h4-11H,12H2,1-3H3. The minimum atomic E-state index is -0.307. The molecule has 0 radical (unpaired) electrons. The van der Waals surface area contributed by atoms with E-state index in [1.807, 2.05) is 32.9 Å². The van der Waals surface area contributed by atoms with Crippen LogP contribution in [0.2, 0.25) is 0 Å². The van der Waals surface area contributed by atoms with Crippen LogP contribution in [-0.2, 0) is 6.54 Å². The van der Waals surface area contributed by atoms with Gasteiger partial charge in [-0.1, -0.05) is 29.8 Å². The van der Waals surface area contributed by atoms with E-state index in [1.54, 1.807) is 23.0 Å². The molecule has 2 heterocycles. The van der Waals surface area contributed by atoms with Gasteiger partial charge in [0.25, 0.3) is 5.56 Å².